The van der Waals surface area contributed by atoms with Crippen molar-refractivity contribution in [2.45, 2.75) is 31.7 Å². The molecule has 1 aliphatic rings. The number of rotatable bonds is 9. The fraction of sp³-hybridized carbons (Fsp3) is 0.417. The number of hydrogen-bond acceptors (Lipinski definition) is 3. The summed E-state index contributed by atoms with van der Waals surface area (Å²) in [5.41, 5.74) is 2.01. The van der Waals surface area contributed by atoms with Crippen molar-refractivity contribution in [3.63, 3.8) is 0 Å². The molecule has 0 radical (unpaired) electrons. The Hall–Kier alpha value is -2.73. The molecule has 1 aliphatic heterocycles. The number of piperidine rings is 1. The van der Waals surface area contributed by atoms with Crippen LogP contribution in [0.3, 0.4) is 0 Å². The molecule has 2 aromatic carbocycles. The van der Waals surface area contributed by atoms with Crippen molar-refractivity contribution in [2.24, 2.45) is 5.92 Å². The van der Waals surface area contributed by atoms with Gasteiger partial charge in [-0.3, -0.25) is 9.59 Å². The molecule has 2 atom stereocenters. The van der Waals surface area contributed by atoms with Crippen molar-refractivity contribution in [3.05, 3.63) is 71.5 Å². The summed E-state index contributed by atoms with van der Waals surface area (Å²) in [6.45, 7) is 1.36. The van der Waals surface area contributed by atoms with Crippen molar-refractivity contribution >= 4 is 11.8 Å². The molecule has 0 unspecified atom stereocenters. The van der Waals surface area contributed by atoms with Crippen LogP contribution in [0, 0.1) is 11.7 Å². The SMILES string of the molecule is COCCN1C(=O)CC[C@@H](C(=O)NCCCc2ccccc2)[C@@H]1c1ccc(F)cc1. The second kappa shape index (κ2) is 10.9. The topological polar surface area (TPSA) is 58.6 Å². The molecule has 0 saturated carbocycles. The number of likely N-dealkylation sites (tertiary alicyclic amines) is 1. The highest BCUT2D eigenvalue weighted by atomic mass is 19.1. The largest absolute Gasteiger partial charge is 0.383 e. The first-order valence-electron chi connectivity index (χ1n) is 10.5. The van der Waals surface area contributed by atoms with Gasteiger partial charge < -0.3 is 15.0 Å². The molecule has 0 aliphatic carbocycles. The zero-order valence-corrected chi connectivity index (χ0v) is 17.4. The van der Waals surface area contributed by atoms with Crippen LogP contribution in [0.4, 0.5) is 4.39 Å². The van der Waals surface area contributed by atoms with Crippen molar-refractivity contribution in [2.75, 3.05) is 26.8 Å². The Bertz CT molecular complexity index is 826. The summed E-state index contributed by atoms with van der Waals surface area (Å²) in [5.74, 6) is -0.783. The Morgan fingerprint density at radius 2 is 1.90 bits per heavy atom. The van der Waals surface area contributed by atoms with Gasteiger partial charge in [-0.25, -0.2) is 4.39 Å². The molecular weight excluding hydrogens is 383 g/mol. The molecule has 2 aromatic rings. The van der Waals surface area contributed by atoms with Gasteiger partial charge in [-0.05, 0) is 42.5 Å². The third kappa shape index (κ3) is 5.66. The molecule has 1 heterocycles. The Labute approximate surface area is 177 Å². The van der Waals surface area contributed by atoms with Gasteiger partial charge in [0.05, 0.1) is 18.6 Å². The van der Waals surface area contributed by atoms with E-state index in [-0.39, 0.29) is 23.5 Å². The van der Waals surface area contributed by atoms with Crippen LogP contribution in [0.5, 0.6) is 0 Å². The summed E-state index contributed by atoms with van der Waals surface area (Å²) < 4.78 is 18.6. The number of aryl methyl sites for hydroxylation is 1. The second-order valence-corrected chi connectivity index (χ2v) is 7.60. The van der Waals surface area contributed by atoms with Crippen LogP contribution in [0.1, 0.15) is 36.4 Å². The van der Waals surface area contributed by atoms with Crippen LogP contribution in [-0.2, 0) is 20.7 Å². The number of halogens is 1. The van der Waals surface area contributed by atoms with Gasteiger partial charge in [0.2, 0.25) is 11.8 Å². The highest BCUT2D eigenvalue weighted by Gasteiger charge is 2.40. The summed E-state index contributed by atoms with van der Waals surface area (Å²) in [6.07, 6.45) is 2.54. The number of carbonyl (C=O) groups is 2. The van der Waals surface area contributed by atoms with Crippen LogP contribution in [-0.4, -0.2) is 43.5 Å². The molecule has 30 heavy (non-hydrogen) atoms. The summed E-state index contributed by atoms with van der Waals surface area (Å²) in [4.78, 5) is 27.3. The maximum absolute atomic E-state index is 13.5. The van der Waals surface area contributed by atoms with Crippen LogP contribution in [0.2, 0.25) is 0 Å². The Balaban J connectivity index is 1.68. The molecular formula is C24H29FN2O3. The molecule has 5 nitrogen and oxygen atoms in total. The highest BCUT2D eigenvalue weighted by molar-refractivity contribution is 5.85. The van der Waals surface area contributed by atoms with Gasteiger partial charge >= 0.3 is 0 Å². The van der Waals surface area contributed by atoms with Crippen molar-refractivity contribution in [3.8, 4) is 0 Å². The molecule has 1 fully saturated rings. The van der Waals surface area contributed by atoms with E-state index in [1.807, 2.05) is 18.2 Å². The van der Waals surface area contributed by atoms with Crippen LogP contribution >= 0.6 is 0 Å². The minimum Gasteiger partial charge on any atom is -0.383 e. The number of methoxy groups -OCH3 is 1. The quantitative estimate of drug-likeness (QED) is 0.642. The predicted octanol–water partition coefficient (Wildman–Crippen LogP) is 3.50. The normalized spacial score (nSPS) is 19.0. The fourth-order valence-electron chi connectivity index (χ4n) is 4.03. The molecule has 0 spiro atoms. The summed E-state index contributed by atoms with van der Waals surface area (Å²) in [7, 11) is 1.58. The average molecular weight is 413 g/mol. The van der Waals surface area contributed by atoms with Crippen molar-refractivity contribution in [1.82, 2.24) is 10.2 Å². The maximum Gasteiger partial charge on any atom is 0.225 e. The number of ether oxygens (including phenoxy) is 1. The third-order valence-corrected chi connectivity index (χ3v) is 5.58. The summed E-state index contributed by atoms with van der Waals surface area (Å²) in [5, 5.41) is 3.04. The minimum absolute atomic E-state index is 0.00509. The first-order valence-corrected chi connectivity index (χ1v) is 10.5. The van der Waals surface area contributed by atoms with Gasteiger partial charge in [0.15, 0.2) is 0 Å². The van der Waals surface area contributed by atoms with E-state index in [0.29, 0.717) is 32.5 Å². The number of amides is 2. The first-order chi connectivity index (χ1) is 14.6. The zero-order valence-electron chi connectivity index (χ0n) is 17.4. The van der Waals surface area contributed by atoms with Crippen LogP contribution in [0.15, 0.2) is 54.6 Å². The molecule has 1 saturated heterocycles. The van der Waals surface area contributed by atoms with E-state index >= 15 is 0 Å². The second-order valence-electron chi connectivity index (χ2n) is 7.60. The number of nitrogens with zero attached hydrogens (tertiary/aromatic N) is 1. The lowest BCUT2D eigenvalue weighted by atomic mass is 9.83. The molecule has 6 heteroatoms. The van der Waals surface area contributed by atoms with Gasteiger partial charge in [-0.1, -0.05) is 42.5 Å². The lowest BCUT2D eigenvalue weighted by molar-refractivity contribution is -0.144. The van der Waals surface area contributed by atoms with Gasteiger partial charge in [0.1, 0.15) is 5.82 Å². The van der Waals surface area contributed by atoms with Crippen molar-refractivity contribution < 1.29 is 18.7 Å². The van der Waals surface area contributed by atoms with E-state index in [1.54, 1.807) is 24.1 Å². The Morgan fingerprint density at radius 3 is 2.60 bits per heavy atom. The smallest absolute Gasteiger partial charge is 0.225 e. The average Bonchev–Trinajstić information content (AvgIpc) is 2.77. The lowest BCUT2D eigenvalue weighted by Crippen LogP contribution is -2.49. The predicted molar refractivity (Wildman–Crippen MR) is 113 cm³/mol. The highest BCUT2D eigenvalue weighted by Crippen LogP contribution is 2.36. The van der Waals surface area contributed by atoms with E-state index < -0.39 is 6.04 Å². The third-order valence-electron chi connectivity index (χ3n) is 5.58. The van der Waals surface area contributed by atoms with Gasteiger partial charge in [0.25, 0.3) is 0 Å². The summed E-state index contributed by atoms with van der Waals surface area (Å²) >= 11 is 0. The van der Waals surface area contributed by atoms with Crippen molar-refractivity contribution in [1.29, 1.82) is 0 Å². The molecule has 0 bridgehead atoms. The van der Waals surface area contributed by atoms with Gasteiger partial charge in [-0.2, -0.15) is 0 Å². The van der Waals surface area contributed by atoms with Crippen LogP contribution in [0.25, 0.3) is 0 Å². The van der Waals surface area contributed by atoms with E-state index in [9.17, 15) is 14.0 Å². The molecule has 2 amide bonds. The van der Waals surface area contributed by atoms with Gasteiger partial charge in [-0.15, -0.1) is 0 Å². The number of benzene rings is 2. The van der Waals surface area contributed by atoms with E-state index in [1.165, 1.54) is 17.7 Å². The molecule has 1 N–H and O–H groups in total. The monoisotopic (exact) mass is 412 g/mol. The number of nitrogens with one attached hydrogen (secondary N) is 1. The Kier molecular flexibility index (Phi) is 7.97. The standard InChI is InChI=1S/C24H29FN2O3/c1-30-17-16-27-22(28)14-13-21(23(27)19-9-11-20(25)12-10-19)24(29)26-15-5-8-18-6-3-2-4-7-18/h2-4,6-7,9-12,21,23H,5,8,13-17H2,1H3,(H,26,29)/t21-,23+/m1/s1. The first kappa shape index (κ1) is 22.0. The maximum atomic E-state index is 13.5. The van der Waals surface area contributed by atoms with E-state index in [4.69, 9.17) is 4.74 Å². The zero-order chi connectivity index (χ0) is 21.3. The molecule has 3 rings (SSSR count). The molecule has 0 aromatic heterocycles. The number of carbonyl (C=O) groups excluding carboxylic acids is 2. The fourth-order valence-corrected chi connectivity index (χ4v) is 4.03. The lowest BCUT2D eigenvalue weighted by Gasteiger charge is -2.40. The minimum atomic E-state index is -0.420. The molecule has 160 valence electrons. The summed E-state index contributed by atoms with van der Waals surface area (Å²) in [6, 6.07) is 15.8. The van der Waals surface area contributed by atoms with Gasteiger partial charge in [0, 0.05) is 26.6 Å². The van der Waals surface area contributed by atoms with E-state index in [0.717, 1.165) is 18.4 Å². The Morgan fingerprint density at radius 1 is 1.17 bits per heavy atom. The van der Waals surface area contributed by atoms with E-state index in [2.05, 4.69) is 17.4 Å². The number of hydrogen-bond donors (Lipinski definition) is 1. The van der Waals surface area contributed by atoms with Crippen LogP contribution < -0.4 is 5.32 Å².